The van der Waals surface area contributed by atoms with Crippen LogP contribution in [0.15, 0.2) is 18.2 Å². The van der Waals surface area contributed by atoms with Crippen LogP contribution in [0.4, 0.5) is 0 Å². The van der Waals surface area contributed by atoms with E-state index in [4.69, 9.17) is 22.8 Å². The lowest BCUT2D eigenvalue weighted by molar-refractivity contribution is 0.309. The Morgan fingerprint density at radius 2 is 2.28 bits per heavy atom. The molecule has 0 radical (unpaired) electrons. The monoisotopic (exact) mass is 265 g/mol. The summed E-state index contributed by atoms with van der Waals surface area (Å²) in [5.74, 6) is 3.45. The molecule has 0 unspecified atom stereocenters. The molecule has 0 heterocycles. The molecule has 0 saturated heterocycles. The molecule has 2 nitrogen and oxygen atoms in total. The van der Waals surface area contributed by atoms with Gasteiger partial charge in [0.1, 0.15) is 5.75 Å². The number of terminal acetylenes is 1. The molecule has 1 rings (SSSR count). The molecule has 3 heteroatoms. The lowest BCUT2D eigenvalue weighted by Crippen LogP contribution is -2.15. The average Bonchev–Trinajstić information content (AvgIpc) is 2.37. The first kappa shape index (κ1) is 14.9. The third-order valence-electron chi connectivity index (χ3n) is 2.53. The van der Waals surface area contributed by atoms with E-state index in [0.717, 1.165) is 48.7 Å². The average molecular weight is 266 g/mol. The number of ether oxygens (including phenoxy) is 1. The van der Waals surface area contributed by atoms with E-state index in [1.165, 1.54) is 0 Å². The van der Waals surface area contributed by atoms with Crippen molar-refractivity contribution in [2.24, 2.45) is 0 Å². The summed E-state index contributed by atoms with van der Waals surface area (Å²) in [6, 6.07) is 5.74. The molecule has 0 aromatic heterocycles. The number of rotatable bonds is 8. The van der Waals surface area contributed by atoms with Gasteiger partial charge in [0, 0.05) is 23.6 Å². The minimum atomic E-state index is 0.630. The Labute approximate surface area is 115 Å². The second-order valence-electron chi connectivity index (χ2n) is 4.05. The third-order valence-corrected chi connectivity index (χ3v) is 2.88. The van der Waals surface area contributed by atoms with Crippen LogP contribution in [-0.2, 0) is 6.54 Å². The quantitative estimate of drug-likeness (QED) is 0.572. The van der Waals surface area contributed by atoms with Gasteiger partial charge in [0.2, 0.25) is 0 Å². The first-order chi connectivity index (χ1) is 8.79. The van der Waals surface area contributed by atoms with Crippen molar-refractivity contribution < 1.29 is 4.74 Å². The Bertz CT molecular complexity index is 398. The first-order valence-electron chi connectivity index (χ1n) is 6.34. The predicted molar refractivity (Wildman–Crippen MR) is 77.0 cm³/mol. The number of nitrogens with one attached hydrogen (secondary N) is 1. The fourth-order valence-electron chi connectivity index (χ4n) is 1.59. The van der Waals surface area contributed by atoms with Gasteiger partial charge in [-0.2, -0.15) is 0 Å². The summed E-state index contributed by atoms with van der Waals surface area (Å²) in [5.41, 5.74) is 1.02. The van der Waals surface area contributed by atoms with E-state index in [-0.39, 0.29) is 0 Å². The molecule has 1 N–H and O–H groups in total. The molecule has 1 aromatic rings. The smallest absolute Gasteiger partial charge is 0.125 e. The molecule has 0 atom stereocenters. The van der Waals surface area contributed by atoms with Crippen LogP contribution in [0.3, 0.4) is 0 Å². The van der Waals surface area contributed by atoms with E-state index in [9.17, 15) is 0 Å². The Hall–Kier alpha value is -1.17. The summed E-state index contributed by atoms with van der Waals surface area (Å²) in [6.45, 7) is 4.47. The van der Waals surface area contributed by atoms with Crippen LogP contribution in [0.5, 0.6) is 5.75 Å². The van der Waals surface area contributed by atoms with Crippen molar-refractivity contribution in [1.82, 2.24) is 5.32 Å². The maximum atomic E-state index is 6.20. The van der Waals surface area contributed by atoms with Gasteiger partial charge in [0.25, 0.3) is 0 Å². The highest BCUT2D eigenvalue weighted by molar-refractivity contribution is 6.31. The van der Waals surface area contributed by atoms with Gasteiger partial charge in [-0.1, -0.05) is 24.6 Å². The minimum Gasteiger partial charge on any atom is -0.493 e. The Morgan fingerprint density at radius 1 is 1.44 bits per heavy atom. The second-order valence-corrected chi connectivity index (χ2v) is 4.46. The molecule has 0 aliphatic heterocycles. The van der Waals surface area contributed by atoms with Gasteiger partial charge in [0.15, 0.2) is 0 Å². The largest absolute Gasteiger partial charge is 0.493 e. The maximum absolute atomic E-state index is 6.20. The maximum Gasteiger partial charge on any atom is 0.125 e. The number of unbranched alkanes of at least 4 members (excludes halogenated alkanes) is 1. The van der Waals surface area contributed by atoms with Gasteiger partial charge in [-0.15, -0.1) is 12.3 Å². The fraction of sp³-hybridized carbons (Fsp3) is 0.467. The van der Waals surface area contributed by atoms with Gasteiger partial charge in [-0.05, 0) is 31.5 Å². The highest BCUT2D eigenvalue weighted by Crippen LogP contribution is 2.26. The standard InChI is InChI=1S/C15H20ClNO/c1-3-5-6-11-18-15-9-7-8-14(16)13(15)12-17-10-4-2/h1,7-9,17H,4-6,10-12H2,2H3. The zero-order valence-corrected chi connectivity index (χ0v) is 11.6. The lowest BCUT2D eigenvalue weighted by atomic mass is 10.2. The molecule has 0 amide bonds. The van der Waals surface area contributed by atoms with E-state index in [0.29, 0.717) is 6.61 Å². The van der Waals surface area contributed by atoms with E-state index < -0.39 is 0 Å². The number of benzene rings is 1. The topological polar surface area (TPSA) is 21.3 Å². The van der Waals surface area contributed by atoms with Crippen LogP contribution in [0.25, 0.3) is 0 Å². The zero-order valence-electron chi connectivity index (χ0n) is 10.8. The molecule has 98 valence electrons. The number of hydrogen-bond donors (Lipinski definition) is 1. The van der Waals surface area contributed by atoms with E-state index in [1.54, 1.807) is 0 Å². The van der Waals surface area contributed by atoms with Gasteiger partial charge in [-0.25, -0.2) is 0 Å². The van der Waals surface area contributed by atoms with Crippen LogP contribution >= 0.6 is 11.6 Å². The molecule has 0 aliphatic rings. The summed E-state index contributed by atoms with van der Waals surface area (Å²) in [7, 11) is 0. The Balaban J connectivity index is 2.59. The minimum absolute atomic E-state index is 0.630. The molecule has 1 aromatic carbocycles. The van der Waals surface area contributed by atoms with Gasteiger partial charge < -0.3 is 10.1 Å². The molecule has 18 heavy (non-hydrogen) atoms. The molecule has 0 aliphatic carbocycles. The van der Waals surface area contributed by atoms with Crippen molar-refractivity contribution in [3.05, 3.63) is 28.8 Å². The lowest BCUT2D eigenvalue weighted by Gasteiger charge is -2.13. The zero-order chi connectivity index (χ0) is 13.2. The molecule has 0 saturated carbocycles. The Kier molecular flexibility index (Phi) is 7.32. The van der Waals surface area contributed by atoms with Crippen molar-refractivity contribution >= 4 is 11.6 Å². The number of hydrogen-bond acceptors (Lipinski definition) is 2. The second kappa shape index (κ2) is 8.85. The third kappa shape index (κ3) is 5.00. The summed E-state index contributed by atoms with van der Waals surface area (Å²) >= 11 is 6.20. The molecule has 0 spiro atoms. The predicted octanol–water partition coefficient (Wildman–Crippen LogP) is 3.63. The number of halogens is 1. The highest BCUT2D eigenvalue weighted by Gasteiger charge is 2.07. The fourth-order valence-corrected chi connectivity index (χ4v) is 1.82. The van der Waals surface area contributed by atoms with E-state index >= 15 is 0 Å². The van der Waals surface area contributed by atoms with Crippen molar-refractivity contribution in [3.8, 4) is 18.1 Å². The molecule has 0 bridgehead atoms. The van der Waals surface area contributed by atoms with Crippen LogP contribution < -0.4 is 10.1 Å². The molecule has 0 fully saturated rings. The Morgan fingerprint density at radius 3 is 3.00 bits per heavy atom. The van der Waals surface area contributed by atoms with Crippen LogP contribution in [0.1, 0.15) is 31.7 Å². The summed E-state index contributed by atoms with van der Waals surface area (Å²) in [5, 5.41) is 4.08. The van der Waals surface area contributed by atoms with E-state index in [2.05, 4.69) is 18.2 Å². The first-order valence-corrected chi connectivity index (χ1v) is 6.71. The van der Waals surface area contributed by atoms with Crippen molar-refractivity contribution in [1.29, 1.82) is 0 Å². The van der Waals surface area contributed by atoms with Gasteiger partial charge in [-0.3, -0.25) is 0 Å². The SMILES string of the molecule is C#CCCCOc1cccc(Cl)c1CNCCC. The summed E-state index contributed by atoms with van der Waals surface area (Å²) in [6.07, 6.45) is 7.91. The van der Waals surface area contributed by atoms with Gasteiger partial charge in [0.05, 0.1) is 6.61 Å². The molecular formula is C15H20ClNO. The van der Waals surface area contributed by atoms with Crippen LogP contribution in [0.2, 0.25) is 5.02 Å². The van der Waals surface area contributed by atoms with Crippen LogP contribution in [-0.4, -0.2) is 13.2 Å². The highest BCUT2D eigenvalue weighted by atomic mass is 35.5. The van der Waals surface area contributed by atoms with E-state index in [1.807, 2.05) is 18.2 Å². The van der Waals surface area contributed by atoms with Crippen LogP contribution in [0, 0.1) is 12.3 Å². The summed E-state index contributed by atoms with van der Waals surface area (Å²) < 4.78 is 5.73. The molecular weight excluding hydrogens is 246 g/mol. The van der Waals surface area contributed by atoms with Crippen molar-refractivity contribution in [2.45, 2.75) is 32.7 Å². The summed E-state index contributed by atoms with van der Waals surface area (Å²) in [4.78, 5) is 0. The van der Waals surface area contributed by atoms with Gasteiger partial charge >= 0.3 is 0 Å². The van der Waals surface area contributed by atoms with Crippen molar-refractivity contribution in [3.63, 3.8) is 0 Å². The normalized spacial score (nSPS) is 10.1. The van der Waals surface area contributed by atoms with Crippen molar-refractivity contribution in [2.75, 3.05) is 13.2 Å².